The van der Waals surface area contributed by atoms with Crippen LogP contribution >= 0.6 is 34.8 Å². The largest absolute Gasteiger partial charge is 0.481 e. The third-order valence-corrected chi connectivity index (χ3v) is 3.31. The van der Waals surface area contributed by atoms with Crippen LogP contribution in [-0.4, -0.2) is 23.0 Å². The summed E-state index contributed by atoms with van der Waals surface area (Å²) in [5.74, 6) is -0.255. The summed E-state index contributed by atoms with van der Waals surface area (Å²) in [6.45, 7) is 0. The molecule has 5 nitrogen and oxygen atoms in total. The third kappa shape index (κ3) is 3.30. The number of hydrogen-bond acceptors (Lipinski definition) is 4. The fraction of sp³-hybridized carbons (Fsp3) is 0.0833. The summed E-state index contributed by atoms with van der Waals surface area (Å²) in [7, 11) is 1.43. The van der Waals surface area contributed by atoms with Gasteiger partial charge >= 0.3 is 0 Å². The number of amides is 1. The Morgan fingerprint density at radius 1 is 1.25 bits per heavy atom. The number of ether oxygens (including phenoxy) is 1. The number of halogens is 3. The van der Waals surface area contributed by atoms with E-state index in [2.05, 4.69) is 15.3 Å². The molecule has 8 heteroatoms. The normalized spacial score (nSPS) is 10.2. The fourth-order valence-electron chi connectivity index (χ4n) is 1.41. The van der Waals surface area contributed by atoms with E-state index in [1.807, 2.05) is 0 Å². The lowest BCUT2D eigenvalue weighted by atomic mass is 10.2. The highest BCUT2D eigenvalue weighted by Crippen LogP contribution is 2.26. The second-order valence-corrected chi connectivity index (χ2v) is 4.78. The molecule has 0 aliphatic heterocycles. The molecule has 0 atom stereocenters. The maximum absolute atomic E-state index is 12.1. The van der Waals surface area contributed by atoms with Crippen molar-refractivity contribution in [1.82, 2.24) is 9.97 Å². The Hall–Kier alpha value is -1.56. The minimum atomic E-state index is -0.498. The Morgan fingerprint density at radius 2 is 2.00 bits per heavy atom. The number of methoxy groups -OCH3 is 1. The Labute approximate surface area is 129 Å². The lowest BCUT2D eigenvalue weighted by Crippen LogP contribution is -2.15. The van der Waals surface area contributed by atoms with E-state index in [1.54, 1.807) is 12.1 Å². The second kappa shape index (κ2) is 6.26. The Bertz CT molecular complexity index is 664. The average Bonchev–Trinajstić information content (AvgIpc) is 2.41. The van der Waals surface area contributed by atoms with Crippen molar-refractivity contribution < 1.29 is 9.53 Å². The second-order valence-electron chi connectivity index (χ2n) is 3.61. The number of aromatic nitrogens is 2. The molecule has 0 radical (unpaired) electrons. The molecule has 1 aromatic heterocycles. The first kappa shape index (κ1) is 14.8. The molecule has 2 aromatic rings. The molecule has 0 fully saturated rings. The van der Waals surface area contributed by atoms with E-state index in [4.69, 9.17) is 39.5 Å². The van der Waals surface area contributed by atoms with Gasteiger partial charge in [0.15, 0.2) is 0 Å². The highest BCUT2D eigenvalue weighted by atomic mass is 35.5. The quantitative estimate of drug-likeness (QED) is 0.871. The van der Waals surface area contributed by atoms with Crippen molar-refractivity contribution in [1.29, 1.82) is 0 Å². The van der Waals surface area contributed by atoms with Crippen LogP contribution in [0.15, 0.2) is 24.3 Å². The smallest absolute Gasteiger partial charge is 0.259 e. The van der Waals surface area contributed by atoms with Crippen LogP contribution in [0.25, 0.3) is 0 Å². The number of carbonyl (C=O) groups is 1. The zero-order valence-corrected chi connectivity index (χ0v) is 12.4. The van der Waals surface area contributed by atoms with Crippen LogP contribution in [-0.2, 0) is 0 Å². The lowest BCUT2D eigenvalue weighted by Gasteiger charge is -2.07. The third-order valence-electron chi connectivity index (χ3n) is 2.30. The van der Waals surface area contributed by atoms with Gasteiger partial charge in [0.2, 0.25) is 11.8 Å². The molecule has 0 bridgehead atoms. The molecule has 1 aromatic carbocycles. The molecule has 0 saturated heterocycles. The molecule has 104 valence electrons. The topological polar surface area (TPSA) is 64.1 Å². The van der Waals surface area contributed by atoms with E-state index < -0.39 is 5.91 Å². The fourth-order valence-corrected chi connectivity index (χ4v) is 1.97. The molecular weight excluding hydrogens is 325 g/mol. The highest BCUT2D eigenvalue weighted by molar-refractivity contribution is 6.44. The predicted octanol–water partition coefficient (Wildman–Crippen LogP) is 3.70. The van der Waals surface area contributed by atoms with Crippen LogP contribution in [0.4, 0.5) is 5.95 Å². The molecule has 2 rings (SSSR count). The van der Waals surface area contributed by atoms with Crippen molar-refractivity contribution in [2.45, 2.75) is 0 Å². The van der Waals surface area contributed by atoms with E-state index in [0.717, 1.165) is 0 Å². The zero-order chi connectivity index (χ0) is 14.7. The summed E-state index contributed by atoms with van der Waals surface area (Å²) in [5, 5.41) is 3.05. The van der Waals surface area contributed by atoms with Gasteiger partial charge in [0.05, 0.1) is 22.7 Å². The van der Waals surface area contributed by atoms with Crippen molar-refractivity contribution >= 4 is 46.7 Å². The van der Waals surface area contributed by atoms with Gasteiger partial charge in [-0.1, -0.05) is 40.9 Å². The molecule has 1 amide bonds. The van der Waals surface area contributed by atoms with E-state index in [-0.39, 0.29) is 32.6 Å². The summed E-state index contributed by atoms with van der Waals surface area (Å²) in [6.07, 6.45) is 0. The first-order valence-electron chi connectivity index (χ1n) is 5.35. The molecule has 1 N–H and O–H groups in total. The molecule has 0 spiro atoms. The van der Waals surface area contributed by atoms with Gasteiger partial charge in [-0.05, 0) is 12.1 Å². The lowest BCUT2D eigenvalue weighted by molar-refractivity contribution is 0.102. The molecule has 0 unspecified atom stereocenters. The minimum absolute atomic E-state index is 0.00962. The first-order valence-corrected chi connectivity index (χ1v) is 6.48. The molecule has 20 heavy (non-hydrogen) atoms. The van der Waals surface area contributed by atoms with Gasteiger partial charge < -0.3 is 4.74 Å². The summed E-state index contributed by atoms with van der Waals surface area (Å²) in [4.78, 5) is 19.9. The van der Waals surface area contributed by atoms with Crippen LogP contribution in [0.2, 0.25) is 15.2 Å². The first-order chi connectivity index (χ1) is 9.51. The highest BCUT2D eigenvalue weighted by Gasteiger charge is 2.14. The number of benzene rings is 1. The Kier molecular flexibility index (Phi) is 4.65. The average molecular weight is 333 g/mol. The number of rotatable bonds is 3. The zero-order valence-electron chi connectivity index (χ0n) is 10.2. The van der Waals surface area contributed by atoms with Crippen molar-refractivity contribution in [2.24, 2.45) is 0 Å². The number of carbonyl (C=O) groups excluding carboxylic acids is 1. The standard InChI is InChI=1S/C12H8Cl3N3O2/c1-20-9-5-8(14)16-12(17-9)18-11(19)6-3-2-4-7(13)10(6)15/h2-5H,1H3,(H,16,17,18,19). The van der Waals surface area contributed by atoms with Crippen molar-refractivity contribution in [3.05, 3.63) is 45.0 Å². The maximum Gasteiger partial charge on any atom is 0.259 e. The number of nitrogens with one attached hydrogen (secondary N) is 1. The summed E-state index contributed by atoms with van der Waals surface area (Å²) in [6, 6.07) is 6.15. The molecule has 0 saturated carbocycles. The van der Waals surface area contributed by atoms with Gasteiger partial charge in [-0.15, -0.1) is 0 Å². The van der Waals surface area contributed by atoms with E-state index in [1.165, 1.54) is 19.2 Å². The van der Waals surface area contributed by atoms with E-state index in [0.29, 0.717) is 0 Å². The SMILES string of the molecule is COc1cc(Cl)nc(NC(=O)c2cccc(Cl)c2Cl)n1. The molecule has 0 aliphatic carbocycles. The van der Waals surface area contributed by atoms with Gasteiger partial charge in [-0.3, -0.25) is 10.1 Å². The van der Waals surface area contributed by atoms with Crippen LogP contribution < -0.4 is 10.1 Å². The van der Waals surface area contributed by atoms with Gasteiger partial charge in [-0.2, -0.15) is 4.98 Å². The monoisotopic (exact) mass is 331 g/mol. The van der Waals surface area contributed by atoms with Crippen LogP contribution in [0, 0.1) is 0 Å². The number of nitrogens with zero attached hydrogens (tertiary/aromatic N) is 2. The maximum atomic E-state index is 12.1. The number of hydrogen-bond donors (Lipinski definition) is 1. The van der Waals surface area contributed by atoms with Crippen molar-refractivity contribution in [3.63, 3.8) is 0 Å². The van der Waals surface area contributed by atoms with Gasteiger partial charge in [-0.25, -0.2) is 4.98 Å². The van der Waals surface area contributed by atoms with Gasteiger partial charge in [0, 0.05) is 6.07 Å². The molecular formula is C12H8Cl3N3O2. The number of anilines is 1. The Morgan fingerprint density at radius 3 is 2.70 bits per heavy atom. The van der Waals surface area contributed by atoms with Gasteiger partial charge in [0.1, 0.15) is 5.15 Å². The van der Waals surface area contributed by atoms with E-state index in [9.17, 15) is 4.79 Å². The van der Waals surface area contributed by atoms with Crippen LogP contribution in [0.5, 0.6) is 5.88 Å². The summed E-state index contributed by atoms with van der Waals surface area (Å²) in [5.41, 5.74) is 0.210. The summed E-state index contributed by atoms with van der Waals surface area (Å²) >= 11 is 17.6. The minimum Gasteiger partial charge on any atom is -0.481 e. The van der Waals surface area contributed by atoms with Gasteiger partial charge in [0.25, 0.3) is 5.91 Å². The Balaban J connectivity index is 2.28. The van der Waals surface area contributed by atoms with Crippen LogP contribution in [0.3, 0.4) is 0 Å². The van der Waals surface area contributed by atoms with E-state index >= 15 is 0 Å². The van der Waals surface area contributed by atoms with Crippen molar-refractivity contribution in [3.8, 4) is 5.88 Å². The summed E-state index contributed by atoms with van der Waals surface area (Å²) < 4.78 is 4.93. The van der Waals surface area contributed by atoms with Crippen molar-refractivity contribution in [2.75, 3.05) is 12.4 Å². The molecule has 0 aliphatic rings. The molecule has 1 heterocycles. The van der Waals surface area contributed by atoms with Crippen LogP contribution in [0.1, 0.15) is 10.4 Å². The predicted molar refractivity (Wildman–Crippen MR) is 78.0 cm³/mol.